The maximum absolute atomic E-state index is 12.2. The average Bonchev–Trinajstić information content (AvgIpc) is 2.79. The number of nitro groups is 1. The van der Waals surface area contributed by atoms with Gasteiger partial charge >= 0.3 is 0 Å². The first-order valence-electron chi connectivity index (χ1n) is 9.44. The number of benzene rings is 4. The van der Waals surface area contributed by atoms with E-state index in [0.717, 1.165) is 30.0 Å². The highest BCUT2D eigenvalue weighted by atomic mass is 32.2. The van der Waals surface area contributed by atoms with Gasteiger partial charge in [-0.25, -0.2) is 0 Å². The largest absolute Gasteiger partial charge is 0.507 e. The third-order valence-electron chi connectivity index (χ3n) is 4.99. The van der Waals surface area contributed by atoms with E-state index in [0.29, 0.717) is 11.1 Å². The van der Waals surface area contributed by atoms with E-state index in [4.69, 9.17) is 10.7 Å². The third-order valence-corrected chi connectivity index (χ3v) is 5.87. The number of hydrogen-bond acceptors (Lipinski definition) is 8. The lowest BCUT2D eigenvalue weighted by Gasteiger charge is -2.16. The van der Waals surface area contributed by atoms with Crippen molar-refractivity contribution in [3.8, 4) is 22.6 Å². The summed E-state index contributed by atoms with van der Waals surface area (Å²) in [5, 5.41) is 26.1. The van der Waals surface area contributed by atoms with Crippen LogP contribution in [0.4, 0.5) is 17.1 Å². The molecule has 168 valence electrons. The van der Waals surface area contributed by atoms with Crippen molar-refractivity contribution >= 4 is 38.0 Å². The quantitative estimate of drug-likeness (QED) is 0.183. The minimum absolute atomic E-state index is 0.140. The number of phenolic OH excluding ortho intramolecular Hbond substituents is 1. The molecule has 4 rings (SSSR count). The molecule has 0 amide bonds. The van der Waals surface area contributed by atoms with Gasteiger partial charge in [-0.1, -0.05) is 24.3 Å². The summed E-state index contributed by atoms with van der Waals surface area (Å²) in [6.07, 6.45) is 0. The van der Waals surface area contributed by atoms with Crippen LogP contribution in [0.25, 0.3) is 21.9 Å². The Morgan fingerprint density at radius 3 is 2.33 bits per heavy atom. The molecule has 0 atom stereocenters. The van der Waals surface area contributed by atoms with Gasteiger partial charge in [0.2, 0.25) is 0 Å². The number of rotatable bonds is 6. The number of aromatic hydroxyl groups is 1. The van der Waals surface area contributed by atoms with Crippen LogP contribution >= 0.6 is 0 Å². The van der Waals surface area contributed by atoms with Gasteiger partial charge in [0, 0.05) is 40.0 Å². The summed E-state index contributed by atoms with van der Waals surface area (Å²) in [6.45, 7) is 0. The first-order chi connectivity index (χ1) is 15.7. The fourth-order valence-electron chi connectivity index (χ4n) is 3.51. The molecule has 0 saturated carbocycles. The predicted molar refractivity (Wildman–Crippen MR) is 122 cm³/mol. The van der Waals surface area contributed by atoms with Gasteiger partial charge in [0.25, 0.3) is 15.8 Å². The molecule has 0 unspecified atom stereocenters. The Morgan fingerprint density at radius 1 is 0.970 bits per heavy atom. The molecule has 0 aliphatic carbocycles. The maximum Gasteiger partial charge on any atom is 0.295 e. The molecule has 0 radical (unpaired) electrons. The molecule has 0 aromatic heterocycles. The Morgan fingerprint density at radius 2 is 1.70 bits per heavy atom. The van der Waals surface area contributed by atoms with Gasteiger partial charge in [0.1, 0.15) is 10.6 Å². The summed E-state index contributed by atoms with van der Waals surface area (Å²) < 4.78 is 34.2. The van der Waals surface area contributed by atoms with Crippen molar-refractivity contribution in [2.24, 2.45) is 5.90 Å². The number of nitrogens with two attached hydrogens (primary N) is 1. The SMILES string of the molecule is NOc1ccc([N+](=O)[O-])cc1-c1c(S(=O)(=O)O)cc2ccc(Nc3ccccc3)cc2c1O. The van der Waals surface area contributed by atoms with E-state index >= 15 is 0 Å². The number of fused-ring (bicyclic) bond motifs is 1. The lowest BCUT2D eigenvalue weighted by molar-refractivity contribution is -0.384. The van der Waals surface area contributed by atoms with Crippen LogP contribution in [-0.4, -0.2) is 23.0 Å². The zero-order valence-corrected chi connectivity index (χ0v) is 17.6. The zero-order valence-electron chi connectivity index (χ0n) is 16.8. The van der Waals surface area contributed by atoms with Gasteiger partial charge in [-0.15, -0.1) is 0 Å². The molecule has 0 aliphatic heterocycles. The normalized spacial score (nSPS) is 11.3. The smallest absolute Gasteiger partial charge is 0.295 e. The van der Waals surface area contributed by atoms with Gasteiger partial charge in [-0.3, -0.25) is 14.7 Å². The van der Waals surface area contributed by atoms with Crippen molar-refractivity contribution in [2.75, 3.05) is 5.32 Å². The summed E-state index contributed by atoms with van der Waals surface area (Å²) >= 11 is 0. The molecule has 0 fully saturated rings. The molecule has 4 aromatic carbocycles. The number of hydrogen-bond donors (Lipinski definition) is 4. The molecule has 0 aliphatic rings. The fraction of sp³-hybridized carbons (Fsp3) is 0. The molecule has 0 spiro atoms. The molecule has 10 nitrogen and oxygen atoms in total. The number of nitrogens with zero attached hydrogens (tertiary/aromatic N) is 1. The molecular formula is C22H17N3O7S. The van der Waals surface area contributed by atoms with Crippen LogP contribution in [0, 0.1) is 10.1 Å². The highest BCUT2D eigenvalue weighted by Gasteiger charge is 2.27. The lowest BCUT2D eigenvalue weighted by atomic mass is 9.97. The Bertz CT molecular complexity index is 1490. The van der Waals surface area contributed by atoms with Crippen LogP contribution < -0.4 is 16.1 Å². The van der Waals surface area contributed by atoms with Crippen LogP contribution in [0.3, 0.4) is 0 Å². The number of nitro benzene ring substituents is 1. The van der Waals surface area contributed by atoms with Gasteiger partial charge < -0.3 is 15.3 Å². The van der Waals surface area contributed by atoms with Gasteiger partial charge in [-0.05, 0) is 41.8 Å². The lowest BCUT2D eigenvalue weighted by Crippen LogP contribution is -2.06. The van der Waals surface area contributed by atoms with E-state index in [1.54, 1.807) is 18.2 Å². The molecular weight excluding hydrogens is 450 g/mol. The average molecular weight is 467 g/mol. The minimum atomic E-state index is -4.85. The number of phenols is 1. The minimum Gasteiger partial charge on any atom is -0.507 e. The molecule has 5 N–H and O–H groups in total. The summed E-state index contributed by atoms with van der Waals surface area (Å²) in [7, 11) is -4.85. The van der Waals surface area contributed by atoms with Crippen LogP contribution in [0.5, 0.6) is 11.5 Å². The number of para-hydroxylation sites is 1. The Hall–Kier alpha value is -4.19. The second kappa shape index (κ2) is 8.39. The second-order valence-corrected chi connectivity index (χ2v) is 8.45. The number of non-ortho nitro benzene ring substituents is 1. The highest BCUT2D eigenvalue weighted by Crippen LogP contribution is 2.46. The van der Waals surface area contributed by atoms with Crippen molar-refractivity contribution in [1.82, 2.24) is 0 Å². The molecule has 0 heterocycles. The third kappa shape index (κ3) is 4.28. The van der Waals surface area contributed by atoms with Gasteiger partial charge in [-0.2, -0.15) is 14.3 Å². The number of nitrogens with one attached hydrogen (secondary N) is 1. The van der Waals surface area contributed by atoms with Crippen molar-refractivity contribution < 1.29 is 27.8 Å². The van der Waals surface area contributed by atoms with Crippen LogP contribution in [0.1, 0.15) is 0 Å². The fourth-order valence-corrected chi connectivity index (χ4v) is 4.25. The number of anilines is 2. The summed E-state index contributed by atoms with van der Waals surface area (Å²) in [4.78, 5) is 14.7. The van der Waals surface area contributed by atoms with Crippen molar-refractivity contribution in [3.63, 3.8) is 0 Å². The Balaban J connectivity index is 2.01. The zero-order chi connectivity index (χ0) is 23.8. The molecule has 11 heteroatoms. The first-order valence-corrected chi connectivity index (χ1v) is 10.9. The summed E-state index contributed by atoms with van der Waals surface area (Å²) in [6, 6.07) is 18.5. The van der Waals surface area contributed by atoms with Crippen molar-refractivity contribution in [3.05, 3.63) is 82.9 Å². The van der Waals surface area contributed by atoms with E-state index in [1.807, 2.05) is 30.3 Å². The first kappa shape index (κ1) is 22.0. The van der Waals surface area contributed by atoms with E-state index < -0.39 is 31.4 Å². The Kier molecular flexibility index (Phi) is 5.60. The topological polar surface area (TPSA) is 165 Å². The standard InChI is InChI=1S/C22H17N3O7S/c23-32-19-9-8-16(25(27)28)12-18(19)21-20(33(29,30)31)10-13-6-7-15(11-17(13)22(21)26)24-14-4-2-1-3-5-14/h1-12,24,26H,23H2,(H,29,30,31). The van der Waals surface area contributed by atoms with Gasteiger partial charge in [0.15, 0.2) is 5.75 Å². The van der Waals surface area contributed by atoms with Crippen LogP contribution in [-0.2, 0) is 10.1 Å². The molecule has 0 saturated heterocycles. The van der Waals surface area contributed by atoms with Crippen molar-refractivity contribution in [2.45, 2.75) is 4.90 Å². The van der Waals surface area contributed by atoms with E-state index in [9.17, 15) is 28.2 Å². The maximum atomic E-state index is 12.2. The van der Waals surface area contributed by atoms with E-state index in [2.05, 4.69) is 5.32 Å². The van der Waals surface area contributed by atoms with E-state index in [-0.39, 0.29) is 22.3 Å². The Labute approximate surface area is 187 Å². The van der Waals surface area contributed by atoms with Crippen LogP contribution in [0.2, 0.25) is 0 Å². The molecule has 0 bridgehead atoms. The van der Waals surface area contributed by atoms with E-state index in [1.165, 1.54) is 0 Å². The monoisotopic (exact) mass is 467 g/mol. The van der Waals surface area contributed by atoms with Crippen LogP contribution in [0.15, 0.2) is 77.7 Å². The highest BCUT2D eigenvalue weighted by molar-refractivity contribution is 7.86. The van der Waals surface area contributed by atoms with Crippen molar-refractivity contribution in [1.29, 1.82) is 0 Å². The second-order valence-electron chi connectivity index (χ2n) is 7.06. The van der Waals surface area contributed by atoms with Gasteiger partial charge in [0.05, 0.1) is 4.92 Å². The summed E-state index contributed by atoms with van der Waals surface area (Å²) in [5.41, 5.74) is 0.407. The molecule has 33 heavy (non-hydrogen) atoms. The summed E-state index contributed by atoms with van der Waals surface area (Å²) in [5.74, 6) is 4.60. The predicted octanol–water partition coefficient (Wildman–Crippen LogP) is 4.36. The molecule has 4 aromatic rings.